The zero-order chi connectivity index (χ0) is 29.2. The number of unbranched alkanes of at least 4 members (excludes halogenated alkanes) is 2. The van der Waals surface area contributed by atoms with Crippen molar-refractivity contribution in [2.75, 3.05) is 13.1 Å². The van der Waals surface area contributed by atoms with Crippen LogP contribution in [0.2, 0.25) is 0 Å². The predicted molar refractivity (Wildman–Crippen MR) is 144 cm³/mol. The largest absolute Gasteiger partial charge is 0.481 e. The first-order valence-corrected chi connectivity index (χ1v) is 13.1. The molecule has 13 nitrogen and oxygen atoms in total. The van der Waals surface area contributed by atoms with Crippen molar-refractivity contribution >= 4 is 29.7 Å². The molecule has 13 heteroatoms. The van der Waals surface area contributed by atoms with Crippen molar-refractivity contribution < 1.29 is 34.2 Å². The van der Waals surface area contributed by atoms with Gasteiger partial charge in [0.25, 0.3) is 0 Å². The molecule has 0 radical (unpaired) electrons. The van der Waals surface area contributed by atoms with E-state index in [1.165, 1.54) is 0 Å². The molecule has 39 heavy (non-hydrogen) atoms. The van der Waals surface area contributed by atoms with E-state index in [1.54, 1.807) is 30.3 Å². The first kappa shape index (κ1) is 33.5. The lowest BCUT2D eigenvalue weighted by molar-refractivity contribution is -0.142. The zero-order valence-corrected chi connectivity index (χ0v) is 22.1. The van der Waals surface area contributed by atoms with Crippen LogP contribution in [0.1, 0.15) is 56.9 Å². The Morgan fingerprint density at radius 3 is 1.64 bits per heavy atom. The Bertz CT molecular complexity index is 931. The van der Waals surface area contributed by atoms with Crippen molar-refractivity contribution in [2.24, 2.45) is 17.2 Å². The smallest absolute Gasteiger partial charge is 0.326 e. The van der Waals surface area contributed by atoms with Gasteiger partial charge in [-0.05, 0) is 63.6 Å². The van der Waals surface area contributed by atoms with Crippen molar-refractivity contribution in [1.82, 2.24) is 16.0 Å². The summed E-state index contributed by atoms with van der Waals surface area (Å²) in [6, 6.07) is 4.34. The molecule has 1 rings (SSSR count). The summed E-state index contributed by atoms with van der Waals surface area (Å²) in [6.45, 7) is 0.753. The number of amides is 3. The van der Waals surface area contributed by atoms with Gasteiger partial charge in [-0.2, -0.15) is 0 Å². The monoisotopic (exact) mass is 550 g/mol. The molecule has 218 valence electrons. The number of carboxylic acid groups (broad SMARTS) is 2. The van der Waals surface area contributed by atoms with Crippen LogP contribution >= 0.6 is 0 Å². The number of aliphatic carboxylic acids is 2. The normalized spacial score (nSPS) is 13.9. The number of carbonyl (C=O) groups excluding carboxylic acids is 3. The van der Waals surface area contributed by atoms with Crippen LogP contribution in [0.15, 0.2) is 30.3 Å². The van der Waals surface area contributed by atoms with E-state index in [1.807, 2.05) is 0 Å². The fourth-order valence-corrected chi connectivity index (χ4v) is 3.81. The summed E-state index contributed by atoms with van der Waals surface area (Å²) < 4.78 is 0. The van der Waals surface area contributed by atoms with E-state index in [9.17, 15) is 29.1 Å². The van der Waals surface area contributed by atoms with E-state index in [4.69, 9.17) is 22.3 Å². The first-order valence-electron chi connectivity index (χ1n) is 13.1. The number of hydrogen-bond acceptors (Lipinski definition) is 8. The third kappa shape index (κ3) is 13.7. The Morgan fingerprint density at radius 1 is 0.692 bits per heavy atom. The Kier molecular flexibility index (Phi) is 16.0. The minimum atomic E-state index is -1.22. The van der Waals surface area contributed by atoms with E-state index < -0.39 is 53.8 Å². The van der Waals surface area contributed by atoms with Crippen LogP contribution in [0.4, 0.5) is 0 Å². The van der Waals surface area contributed by atoms with Crippen LogP contribution in [0, 0.1) is 0 Å². The molecule has 1 aromatic carbocycles. The highest BCUT2D eigenvalue weighted by Gasteiger charge is 2.30. The van der Waals surface area contributed by atoms with Crippen LogP contribution in [0.5, 0.6) is 0 Å². The zero-order valence-electron chi connectivity index (χ0n) is 22.1. The molecule has 0 aliphatic rings. The van der Waals surface area contributed by atoms with Gasteiger partial charge in [-0.3, -0.25) is 19.2 Å². The van der Waals surface area contributed by atoms with Gasteiger partial charge in [0, 0.05) is 12.8 Å². The minimum Gasteiger partial charge on any atom is -0.481 e. The van der Waals surface area contributed by atoms with E-state index in [2.05, 4.69) is 16.0 Å². The van der Waals surface area contributed by atoms with Gasteiger partial charge in [0.05, 0.1) is 6.04 Å². The highest BCUT2D eigenvalue weighted by molar-refractivity contribution is 5.94. The molecule has 0 spiro atoms. The lowest BCUT2D eigenvalue weighted by Crippen LogP contribution is -2.57. The molecule has 0 aliphatic heterocycles. The molecular formula is C26H42N6O7. The molecule has 0 saturated heterocycles. The van der Waals surface area contributed by atoms with Crippen LogP contribution in [-0.4, -0.2) is 77.1 Å². The number of nitrogens with one attached hydrogen (secondary N) is 3. The molecule has 0 bridgehead atoms. The van der Waals surface area contributed by atoms with Gasteiger partial charge in [0.1, 0.15) is 18.1 Å². The lowest BCUT2D eigenvalue weighted by Gasteiger charge is -2.25. The Hall–Kier alpha value is -3.55. The number of rotatable bonds is 20. The maximum atomic E-state index is 13.2. The van der Waals surface area contributed by atoms with Crippen molar-refractivity contribution in [1.29, 1.82) is 0 Å². The van der Waals surface area contributed by atoms with Crippen LogP contribution in [0.25, 0.3) is 0 Å². The highest BCUT2D eigenvalue weighted by atomic mass is 16.4. The molecule has 1 aromatic rings. The number of carboxylic acids is 2. The SMILES string of the molecule is NCCCCC(NC(=O)C(N)CCC(=O)O)C(=O)NC(CCCCN)C(=O)NC(Cc1ccccc1)C(=O)O. The van der Waals surface area contributed by atoms with Crippen molar-refractivity contribution in [2.45, 2.75) is 82.0 Å². The molecule has 0 heterocycles. The van der Waals surface area contributed by atoms with Crippen molar-refractivity contribution in [3.63, 3.8) is 0 Å². The summed E-state index contributed by atoms with van der Waals surface area (Å²) in [6.07, 6.45) is 2.22. The fraction of sp³-hybridized carbons (Fsp3) is 0.577. The van der Waals surface area contributed by atoms with Gasteiger partial charge < -0.3 is 43.4 Å². The number of benzene rings is 1. The second kappa shape index (κ2) is 18.7. The van der Waals surface area contributed by atoms with Gasteiger partial charge in [-0.25, -0.2) is 4.79 Å². The summed E-state index contributed by atoms with van der Waals surface area (Å²) in [4.78, 5) is 61.5. The second-order valence-electron chi connectivity index (χ2n) is 9.32. The molecule has 0 saturated carbocycles. The summed E-state index contributed by atoms with van der Waals surface area (Å²) in [7, 11) is 0. The Balaban J connectivity index is 2.99. The third-order valence-electron chi connectivity index (χ3n) is 6.06. The molecule has 11 N–H and O–H groups in total. The fourth-order valence-electron chi connectivity index (χ4n) is 3.81. The molecular weight excluding hydrogens is 508 g/mol. The minimum absolute atomic E-state index is 0.0530. The van der Waals surface area contributed by atoms with Crippen molar-refractivity contribution in [3.8, 4) is 0 Å². The quantitative estimate of drug-likeness (QED) is 0.0941. The van der Waals surface area contributed by atoms with E-state index >= 15 is 0 Å². The summed E-state index contributed by atoms with van der Waals surface area (Å²) in [5, 5.41) is 26.2. The molecule has 4 unspecified atom stereocenters. The maximum absolute atomic E-state index is 13.2. The van der Waals surface area contributed by atoms with Gasteiger partial charge in [0.15, 0.2) is 0 Å². The summed E-state index contributed by atoms with van der Waals surface area (Å²) >= 11 is 0. The Labute approximate surface area is 228 Å². The van der Waals surface area contributed by atoms with Crippen molar-refractivity contribution in [3.05, 3.63) is 35.9 Å². The topological polar surface area (TPSA) is 240 Å². The van der Waals surface area contributed by atoms with Crippen LogP contribution in [0.3, 0.4) is 0 Å². The number of nitrogens with two attached hydrogens (primary N) is 3. The van der Waals surface area contributed by atoms with E-state index in [-0.39, 0.29) is 32.1 Å². The molecule has 4 atom stereocenters. The predicted octanol–water partition coefficient (Wildman–Crippen LogP) is -0.782. The van der Waals surface area contributed by atoms with Gasteiger partial charge in [0.2, 0.25) is 17.7 Å². The molecule has 0 aliphatic carbocycles. The first-order chi connectivity index (χ1) is 18.6. The third-order valence-corrected chi connectivity index (χ3v) is 6.06. The number of carbonyl (C=O) groups is 5. The lowest BCUT2D eigenvalue weighted by atomic mass is 10.0. The number of hydrogen-bond donors (Lipinski definition) is 8. The average Bonchev–Trinajstić information content (AvgIpc) is 2.90. The van der Waals surface area contributed by atoms with Gasteiger partial charge in [-0.1, -0.05) is 30.3 Å². The van der Waals surface area contributed by atoms with Gasteiger partial charge >= 0.3 is 11.9 Å². The highest BCUT2D eigenvalue weighted by Crippen LogP contribution is 2.08. The molecule has 0 fully saturated rings. The maximum Gasteiger partial charge on any atom is 0.326 e. The summed E-state index contributed by atoms with van der Waals surface area (Å²) in [5.41, 5.74) is 17.6. The van der Waals surface area contributed by atoms with E-state index in [0.717, 1.165) is 5.56 Å². The van der Waals surface area contributed by atoms with Crippen LogP contribution in [-0.2, 0) is 30.4 Å². The average molecular weight is 551 g/mol. The second-order valence-corrected chi connectivity index (χ2v) is 9.32. The summed E-state index contributed by atoms with van der Waals surface area (Å²) in [5.74, 6) is -4.33. The van der Waals surface area contributed by atoms with Crippen LogP contribution < -0.4 is 33.2 Å². The molecule has 3 amide bonds. The van der Waals surface area contributed by atoms with E-state index in [0.29, 0.717) is 38.8 Å². The standard InChI is InChI=1S/C26H42N6O7/c27-14-6-4-10-19(30-23(35)18(29)12-13-22(33)34)24(36)31-20(11-5-7-15-28)25(37)32-21(26(38)39)16-17-8-2-1-3-9-17/h1-3,8-9,18-21H,4-7,10-16,27-29H2,(H,30,35)(H,31,36)(H,32,37)(H,33,34)(H,38,39). The molecule has 0 aromatic heterocycles. The van der Waals surface area contributed by atoms with Gasteiger partial charge in [-0.15, -0.1) is 0 Å². The Morgan fingerprint density at radius 2 is 1.18 bits per heavy atom.